The lowest BCUT2D eigenvalue weighted by Gasteiger charge is -2.23. The number of halogens is 5. The number of unbranched alkanes of at least 4 members (excludes halogenated alkanes) is 3. The van der Waals surface area contributed by atoms with Gasteiger partial charge in [0.1, 0.15) is 0 Å². The summed E-state index contributed by atoms with van der Waals surface area (Å²) in [5.41, 5.74) is 0. The second kappa shape index (κ2) is 28.8. The summed E-state index contributed by atoms with van der Waals surface area (Å²) in [5.74, 6) is -0.0679. The predicted octanol–water partition coefficient (Wildman–Crippen LogP) is 9.98. The monoisotopic (exact) mass is 878 g/mol. The van der Waals surface area contributed by atoms with Crippen molar-refractivity contribution in [3.05, 3.63) is 11.5 Å². The van der Waals surface area contributed by atoms with E-state index in [4.69, 9.17) is 30.9 Å². The van der Waals surface area contributed by atoms with Gasteiger partial charge in [-0.3, -0.25) is 12.9 Å². The minimum atomic E-state index is -5.60. The van der Waals surface area contributed by atoms with Gasteiger partial charge in [-0.05, 0) is 51.5 Å². The predicted molar refractivity (Wildman–Crippen MR) is 186 cm³/mol. The van der Waals surface area contributed by atoms with Gasteiger partial charge in [0.2, 0.25) is 0 Å². The van der Waals surface area contributed by atoms with Crippen molar-refractivity contribution in [1.82, 2.24) is 0 Å². The van der Waals surface area contributed by atoms with E-state index in [0.717, 1.165) is 18.2 Å². The highest BCUT2D eigenvalue weighted by atomic mass is 32.2. The van der Waals surface area contributed by atoms with E-state index < -0.39 is 43.6 Å². The molecule has 0 amide bonds. The summed E-state index contributed by atoms with van der Waals surface area (Å²) in [4.78, 5) is 0. The van der Waals surface area contributed by atoms with Gasteiger partial charge < -0.3 is 4.52 Å². The van der Waals surface area contributed by atoms with Gasteiger partial charge in [0, 0.05) is 37.7 Å². The summed E-state index contributed by atoms with van der Waals surface area (Å²) in [5, 5.41) is 43.1. The van der Waals surface area contributed by atoms with Gasteiger partial charge in [-0.1, -0.05) is 7.43 Å². The van der Waals surface area contributed by atoms with E-state index >= 15 is 0 Å². The average Bonchev–Trinajstić information content (AvgIpc) is 3.67. The van der Waals surface area contributed by atoms with Crippen LogP contribution < -0.4 is 0 Å². The first-order valence-corrected chi connectivity index (χ1v) is 22.7. The second-order valence-corrected chi connectivity index (χ2v) is 18.6. The third-order valence-corrected chi connectivity index (χ3v) is 13.7. The molecular formula is C25H39F5N8O9P4S2. The molecule has 2 fully saturated rings. The van der Waals surface area contributed by atoms with Crippen molar-refractivity contribution >= 4 is 52.3 Å². The molecule has 1 unspecified atom stereocenters. The molecule has 0 bridgehead atoms. The van der Waals surface area contributed by atoms with Crippen molar-refractivity contribution in [3.8, 4) is 30.3 Å². The molecule has 1 aliphatic carbocycles. The van der Waals surface area contributed by atoms with Crippen LogP contribution in [-0.2, 0) is 42.2 Å². The van der Waals surface area contributed by atoms with E-state index in [-0.39, 0.29) is 52.8 Å². The minimum Gasteiger partial charge on any atom is -0.303 e. The van der Waals surface area contributed by atoms with Crippen LogP contribution in [0.3, 0.4) is 0 Å². The van der Waals surface area contributed by atoms with E-state index in [9.17, 15) is 37.8 Å². The number of rotatable bonds is 6. The molecule has 0 aromatic carbocycles. The van der Waals surface area contributed by atoms with E-state index in [0.29, 0.717) is 45.1 Å². The Morgan fingerprint density at radius 2 is 1.28 bits per heavy atom. The summed E-state index contributed by atoms with van der Waals surface area (Å²) in [6.45, 7) is 1.49. The zero-order valence-corrected chi connectivity index (χ0v) is 32.8. The minimum absolute atomic E-state index is 0. The van der Waals surface area contributed by atoms with Crippen molar-refractivity contribution in [2.24, 2.45) is 31.3 Å². The van der Waals surface area contributed by atoms with Crippen LogP contribution in [0.5, 0.6) is 0 Å². The summed E-state index contributed by atoms with van der Waals surface area (Å²) in [7, 11) is -21.2. The molecule has 4 aliphatic rings. The third kappa shape index (κ3) is 29.4. The molecule has 1 atom stereocenters. The maximum atomic E-state index is 13.2. The van der Waals surface area contributed by atoms with Crippen LogP contribution >= 0.6 is 32.1 Å². The molecule has 1 saturated heterocycles. The molecule has 17 nitrogen and oxygen atoms in total. The van der Waals surface area contributed by atoms with Crippen LogP contribution in [0.25, 0.3) is 0 Å². The van der Waals surface area contributed by atoms with Gasteiger partial charge in [-0.25, -0.2) is 4.57 Å². The fourth-order valence-electron chi connectivity index (χ4n) is 3.52. The standard InChI is InChI=1S/C9H9N3.C6H8N2.C3H6O3S.C3H4O3S.C2H5F5N3OP3.CH3O2P.CH4/c10-4-7-1-8(5-11)3-9(2-7)6-12;7-5-3-1-2-4-6-8;2*4-7(5)3-1-2-6-7;1-2-11-14(7)9-12(3,4)8-13(5,6)10-14;1-3-4-2;/h7-9H,1-3H2;1-4H2;1-3H2;1,3H,2H2;2H2,1H3;1H3;1H4. The molecular weight excluding hydrogens is 839 g/mol. The topological polar surface area (TPSA) is 278 Å². The maximum absolute atomic E-state index is 13.2. The molecule has 3 heterocycles. The smallest absolute Gasteiger partial charge is 0.303 e. The molecule has 3 aliphatic heterocycles. The van der Waals surface area contributed by atoms with Crippen molar-refractivity contribution in [2.75, 3.05) is 32.7 Å². The molecule has 4 rings (SSSR count). The fraction of sp³-hybridized carbons (Fsp3) is 0.720. The van der Waals surface area contributed by atoms with Gasteiger partial charge in [-0.15, -0.1) is 30.3 Å². The zero-order chi connectivity index (χ0) is 40.3. The lowest BCUT2D eigenvalue weighted by atomic mass is 9.77. The van der Waals surface area contributed by atoms with Gasteiger partial charge in [0.25, 0.3) is 20.2 Å². The van der Waals surface area contributed by atoms with E-state index in [1.54, 1.807) is 0 Å². The Morgan fingerprint density at radius 1 is 0.830 bits per heavy atom. The average molecular weight is 879 g/mol. The van der Waals surface area contributed by atoms with Crippen LogP contribution in [0.15, 0.2) is 25.0 Å². The van der Waals surface area contributed by atoms with Crippen LogP contribution in [0.4, 0.5) is 21.0 Å². The van der Waals surface area contributed by atoms with Gasteiger partial charge in [0.15, 0.2) is 0 Å². The van der Waals surface area contributed by atoms with Gasteiger partial charge in [0.05, 0.1) is 61.3 Å². The molecule has 0 spiro atoms. The number of nitrogens with zero attached hydrogens (tertiary/aromatic N) is 8. The van der Waals surface area contributed by atoms with Crippen molar-refractivity contribution in [3.63, 3.8) is 0 Å². The molecule has 28 heteroatoms. The van der Waals surface area contributed by atoms with Crippen LogP contribution in [0.1, 0.15) is 65.7 Å². The Hall–Kier alpha value is -2.63. The first kappa shape index (κ1) is 54.7. The Balaban J connectivity index is -0.000000586. The molecule has 0 radical (unpaired) electrons. The maximum Gasteiger partial charge on any atom is 0.425 e. The molecule has 53 heavy (non-hydrogen) atoms. The van der Waals surface area contributed by atoms with Crippen molar-refractivity contribution < 1.29 is 59.8 Å². The Labute approximate surface area is 309 Å². The highest BCUT2D eigenvalue weighted by molar-refractivity contribution is 7.89. The molecule has 300 valence electrons. The summed E-state index contributed by atoms with van der Waals surface area (Å²) in [6, 6.07) is 10.4. The summed E-state index contributed by atoms with van der Waals surface area (Å²) < 4.78 is 136. The molecule has 1 saturated carbocycles. The van der Waals surface area contributed by atoms with Crippen LogP contribution in [0.2, 0.25) is 0 Å². The fourth-order valence-corrected chi connectivity index (χ4v) is 10.4. The van der Waals surface area contributed by atoms with Crippen LogP contribution in [-0.4, -0.2) is 49.5 Å². The van der Waals surface area contributed by atoms with Gasteiger partial charge in [-0.2, -0.15) is 47.3 Å². The van der Waals surface area contributed by atoms with Gasteiger partial charge >= 0.3 is 32.1 Å². The molecule has 0 aromatic heterocycles. The molecule has 0 N–H and O–H groups in total. The quantitative estimate of drug-likeness (QED) is 0.104. The third-order valence-electron chi connectivity index (χ3n) is 5.49. The highest BCUT2D eigenvalue weighted by Crippen LogP contribution is 2.81. The zero-order valence-electron chi connectivity index (χ0n) is 27.6. The van der Waals surface area contributed by atoms with E-state index in [2.05, 4.69) is 44.7 Å². The van der Waals surface area contributed by atoms with Crippen molar-refractivity contribution in [1.29, 1.82) is 26.3 Å². The Kier molecular flexibility index (Phi) is 29.7. The summed E-state index contributed by atoms with van der Waals surface area (Å²) >= 11 is 0. The second-order valence-electron chi connectivity index (χ2n) is 9.62. The largest absolute Gasteiger partial charge is 0.425 e. The number of hydrogen-bond acceptors (Lipinski definition) is 17. The number of nitriles is 5. The number of hydrogen-bond donors (Lipinski definition) is 0. The van der Waals surface area contributed by atoms with E-state index in [1.165, 1.54) is 20.1 Å². The lowest BCUT2D eigenvalue weighted by Crippen LogP contribution is -2.20. The SMILES string of the molecule is C.CCOP1(F)=NP(F)(F)=NP(F)(F)=N1.COP=O.N#CC1CC(C#N)CC(C#N)C1.N#CCCCCC#N.O=S1(=O)C=CCO1.O=S1(=O)CCCO1. The first-order valence-electron chi connectivity index (χ1n) is 14.5. The van der Waals surface area contributed by atoms with Crippen LogP contribution in [0, 0.1) is 74.4 Å². The highest BCUT2D eigenvalue weighted by Gasteiger charge is 2.39. The normalized spacial score (nSPS) is 25.5. The first-order chi connectivity index (χ1) is 24.2. The lowest BCUT2D eigenvalue weighted by molar-refractivity contribution is 0.311. The summed E-state index contributed by atoms with van der Waals surface area (Å²) in [6.07, 6.45) is 6.94. The Morgan fingerprint density at radius 3 is 1.51 bits per heavy atom. The Bertz CT molecular complexity index is 1690. The van der Waals surface area contributed by atoms with E-state index in [1.807, 2.05) is 16.7 Å². The van der Waals surface area contributed by atoms with Crippen molar-refractivity contribution in [2.45, 2.75) is 65.7 Å². The molecule has 0 aromatic rings.